The Morgan fingerprint density at radius 3 is 2.40 bits per heavy atom. The van der Waals surface area contributed by atoms with Crippen molar-refractivity contribution in [3.05, 3.63) is 90.6 Å². The van der Waals surface area contributed by atoms with E-state index >= 15 is 0 Å². The van der Waals surface area contributed by atoms with E-state index in [-0.39, 0.29) is 11.8 Å². The van der Waals surface area contributed by atoms with E-state index in [0.717, 1.165) is 99.9 Å². The molecule has 2 aliphatic rings. The van der Waals surface area contributed by atoms with Gasteiger partial charge in [0.1, 0.15) is 11.6 Å². The maximum Gasteiger partial charge on any atom is 0.236 e. The van der Waals surface area contributed by atoms with Crippen molar-refractivity contribution in [3.8, 4) is 28.4 Å². The summed E-state index contributed by atoms with van der Waals surface area (Å²) >= 11 is 0. The van der Waals surface area contributed by atoms with Crippen LogP contribution in [0, 0.1) is 6.92 Å². The number of amides is 1. The van der Waals surface area contributed by atoms with Crippen LogP contribution in [-0.2, 0) is 4.79 Å². The van der Waals surface area contributed by atoms with E-state index in [9.17, 15) is 4.79 Å². The number of aromatic nitrogens is 6. The predicted octanol–water partition coefficient (Wildman–Crippen LogP) is 5.09. The van der Waals surface area contributed by atoms with Crippen LogP contribution in [0.15, 0.2) is 79.3 Å². The molecule has 2 aliphatic heterocycles. The van der Waals surface area contributed by atoms with Gasteiger partial charge >= 0.3 is 0 Å². The lowest BCUT2D eigenvalue weighted by Crippen LogP contribution is -2.51. The number of ether oxygens (including phenoxy) is 1. The van der Waals surface area contributed by atoms with Crippen LogP contribution in [0.4, 0.5) is 5.69 Å². The van der Waals surface area contributed by atoms with Crippen LogP contribution in [-0.4, -0.2) is 98.8 Å². The molecule has 0 saturated carbocycles. The maximum absolute atomic E-state index is 13.3. The van der Waals surface area contributed by atoms with E-state index in [1.165, 1.54) is 0 Å². The average Bonchev–Trinajstić information content (AvgIpc) is 3.78. The Balaban J connectivity index is 0.879. The summed E-state index contributed by atoms with van der Waals surface area (Å²) in [5, 5.41) is 9.74. The number of likely N-dealkylation sites (tertiary alicyclic amines) is 1. The third kappa shape index (κ3) is 5.93. The summed E-state index contributed by atoms with van der Waals surface area (Å²) in [6.45, 7) is 7.10. The van der Waals surface area contributed by atoms with Crippen molar-refractivity contribution in [3.63, 3.8) is 0 Å². The second-order valence-electron chi connectivity index (χ2n) is 12.7. The first-order valence-corrected chi connectivity index (χ1v) is 16.4. The van der Waals surface area contributed by atoms with Crippen molar-refractivity contribution < 1.29 is 9.53 Å². The smallest absolute Gasteiger partial charge is 0.236 e. The molecule has 0 bridgehead atoms. The minimum Gasteiger partial charge on any atom is -0.497 e. The molecule has 2 saturated heterocycles. The van der Waals surface area contributed by atoms with Gasteiger partial charge in [-0.15, -0.1) is 0 Å². The lowest BCUT2D eigenvalue weighted by atomic mass is 10.1. The molecular weight excluding hydrogens is 602 g/mol. The maximum atomic E-state index is 13.3. The van der Waals surface area contributed by atoms with Gasteiger partial charge in [-0.1, -0.05) is 0 Å². The minimum absolute atomic E-state index is 0.188. The molecule has 1 N–H and O–H groups in total. The number of hydrogen-bond acceptors (Lipinski definition) is 9. The molecule has 0 spiro atoms. The third-order valence-electron chi connectivity index (χ3n) is 9.54. The van der Waals surface area contributed by atoms with E-state index in [1.54, 1.807) is 7.11 Å². The summed E-state index contributed by atoms with van der Waals surface area (Å²) in [7, 11) is 1.66. The Kier molecular flexibility index (Phi) is 7.89. The number of aryl methyl sites for hydroxylation is 1. The molecule has 0 aliphatic carbocycles. The van der Waals surface area contributed by atoms with Gasteiger partial charge in [-0.05, 0) is 86.1 Å². The van der Waals surface area contributed by atoms with Gasteiger partial charge in [-0.2, -0.15) is 5.10 Å². The van der Waals surface area contributed by atoms with E-state index in [2.05, 4.69) is 66.4 Å². The van der Waals surface area contributed by atoms with Crippen LogP contribution in [0.1, 0.15) is 23.7 Å². The van der Waals surface area contributed by atoms with E-state index in [1.807, 2.05) is 54.7 Å². The number of anilines is 1. The minimum atomic E-state index is 0.188. The summed E-state index contributed by atoms with van der Waals surface area (Å²) in [4.78, 5) is 38.5. The number of fused-ring (bicyclic) bond motifs is 2. The zero-order chi connectivity index (χ0) is 32.6. The summed E-state index contributed by atoms with van der Waals surface area (Å²) in [5.41, 5.74) is 6.93. The molecule has 2 fully saturated rings. The Morgan fingerprint density at radius 1 is 0.896 bits per heavy atom. The van der Waals surface area contributed by atoms with Crippen LogP contribution >= 0.6 is 0 Å². The number of rotatable bonds is 7. The van der Waals surface area contributed by atoms with Gasteiger partial charge < -0.3 is 14.5 Å². The molecule has 3 aromatic heterocycles. The summed E-state index contributed by atoms with van der Waals surface area (Å²) < 4.78 is 5.31. The molecule has 0 unspecified atom stereocenters. The highest BCUT2D eigenvalue weighted by molar-refractivity contribution is 6.01. The van der Waals surface area contributed by atoms with E-state index in [4.69, 9.17) is 14.7 Å². The molecular formula is C37H37N9O2. The Hall–Kier alpha value is -5.42. The zero-order valence-electron chi connectivity index (χ0n) is 27.1. The second kappa shape index (κ2) is 12.6. The molecule has 48 heavy (non-hydrogen) atoms. The lowest BCUT2D eigenvalue weighted by Gasteiger charge is -2.36. The molecule has 6 aromatic rings. The van der Waals surface area contributed by atoms with Crippen molar-refractivity contribution in [1.29, 1.82) is 0 Å². The number of aromatic amines is 1. The third-order valence-corrected chi connectivity index (χ3v) is 9.54. The van der Waals surface area contributed by atoms with E-state index in [0.29, 0.717) is 19.6 Å². The number of piperazine rings is 1. The van der Waals surface area contributed by atoms with Crippen molar-refractivity contribution in [2.75, 3.05) is 57.8 Å². The highest BCUT2D eigenvalue weighted by Gasteiger charge is 2.30. The topological polar surface area (TPSA) is 116 Å². The van der Waals surface area contributed by atoms with Crippen LogP contribution < -0.4 is 9.64 Å². The van der Waals surface area contributed by atoms with Crippen LogP contribution in [0.25, 0.3) is 44.5 Å². The number of nitrogens with one attached hydrogen (secondary N) is 1. The molecule has 0 radical (unpaired) electrons. The van der Waals surface area contributed by atoms with Gasteiger partial charge in [0.2, 0.25) is 5.91 Å². The Bertz CT molecular complexity index is 2070. The molecule has 1 amide bonds. The highest BCUT2D eigenvalue weighted by Crippen LogP contribution is 2.32. The number of carbonyl (C=O) groups excluding carboxylic acids is 1. The number of benzene rings is 3. The van der Waals surface area contributed by atoms with Crippen LogP contribution in [0.5, 0.6) is 5.75 Å². The van der Waals surface area contributed by atoms with Crippen LogP contribution in [0.3, 0.4) is 0 Å². The normalized spacial score (nSPS) is 17.0. The lowest BCUT2D eigenvalue weighted by molar-refractivity contribution is -0.132. The quantitative estimate of drug-likeness (QED) is 0.255. The van der Waals surface area contributed by atoms with Gasteiger partial charge in [-0.3, -0.25) is 14.8 Å². The fourth-order valence-corrected chi connectivity index (χ4v) is 6.78. The number of methoxy groups -OCH3 is 1. The first-order chi connectivity index (χ1) is 23.5. The zero-order valence-corrected chi connectivity index (χ0v) is 27.1. The monoisotopic (exact) mass is 639 g/mol. The predicted molar refractivity (Wildman–Crippen MR) is 186 cm³/mol. The van der Waals surface area contributed by atoms with Gasteiger partial charge in [-0.25, -0.2) is 19.9 Å². The van der Waals surface area contributed by atoms with Crippen molar-refractivity contribution in [2.45, 2.75) is 19.3 Å². The largest absolute Gasteiger partial charge is 0.497 e. The number of nitrogens with zero attached hydrogens (tertiary/aromatic N) is 8. The van der Waals surface area contributed by atoms with Crippen molar-refractivity contribution in [2.24, 2.45) is 0 Å². The van der Waals surface area contributed by atoms with Gasteiger partial charge in [0, 0.05) is 84.8 Å². The van der Waals surface area contributed by atoms with Crippen molar-refractivity contribution >= 4 is 33.4 Å². The number of hydrogen-bond donors (Lipinski definition) is 1. The molecule has 242 valence electrons. The fraction of sp³-hybridized carbons (Fsp3) is 0.297. The van der Waals surface area contributed by atoms with Gasteiger partial charge in [0.25, 0.3) is 0 Å². The first-order valence-electron chi connectivity index (χ1n) is 16.4. The molecule has 8 rings (SSSR count). The molecule has 5 heterocycles. The average molecular weight is 640 g/mol. The Morgan fingerprint density at radius 2 is 1.65 bits per heavy atom. The van der Waals surface area contributed by atoms with Gasteiger partial charge in [0.05, 0.1) is 30.4 Å². The van der Waals surface area contributed by atoms with Crippen LogP contribution in [0.2, 0.25) is 0 Å². The molecule has 11 nitrogen and oxygen atoms in total. The van der Waals surface area contributed by atoms with Gasteiger partial charge in [0.15, 0.2) is 5.82 Å². The fourth-order valence-electron chi connectivity index (χ4n) is 6.78. The summed E-state index contributed by atoms with van der Waals surface area (Å²) in [6.07, 6.45) is 6.51. The van der Waals surface area contributed by atoms with Crippen molar-refractivity contribution in [1.82, 2.24) is 39.9 Å². The highest BCUT2D eigenvalue weighted by atomic mass is 16.5. The Labute approximate surface area is 278 Å². The number of H-pyrrole nitrogens is 1. The second-order valence-corrected chi connectivity index (χ2v) is 12.7. The molecule has 11 heteroatoms. The number of carbonyl (C=O) groups is 1. The van der Waals surface area contributed by atoms with E-state index < -0.39 is 0 Å². The standard InChI is InChI=1S/C37H37N9O2/c1-24-19-38-36(39-20-24)26-3-7-29(8-4-26)45-13-15-46(16-14-45)34(47)23-44-12-11-27(22-44)37-40-21-28-17-33-31(18-32(28)41-37)35(43-42-33)25-5-9-30(48-2)10-6-25/h3-10,17-21,27H,11-16,22-23H2,1-2H3,(H,42,43)/t27-/m1/s1. The molecule has 3 aromatic carbocycles. The summed E-state index contributed by atoms with van der Waals surface area (Å²) in [5.74, 6) is 2.75. The summed E-state index contributed by atoms with van der Waals surface area (Å²) in [6, 6.07) is 20.4. The molecule has 1 atom stereocenters. The first kappa shape index (κ1) is 29.9. The SMILES string of the molecule is COc1ccc(-c2n[nH]c3cc4cnc([C@@H]5CCN(CC(=O)N6CCN(c7ccc(-c8ncc(C)cn8)cc7)CC6)C5)nc4cc23)cc1.